The molecule has 0 spiro atoms. The molecular formula is C28H38N6O6S. The van der Waals surface area contributed by atoms with Gasteiger partial charge in [0, 0.05) is 30.0 Å². The lowest BCUT2D eigenvalue weighted by molar-refractivity contribution is -0.490. The number of carbonyl (C=O) groups excluding carboxylic acids is 2. The van der Waals surface area contributed by atoms with E-state index >= 15 is 0 Å². The van der Waals surface area contributed by atoms with E-state index in [1.165, 1.54) is 11.8 Å². The summed E-state index contributed by atoms with van der Waals surface area (Å²) in [6, 6.07) is 15.0. The molecule has 0 aliphatic heterocycles. The van der Waals surface area contributed by atoms with Crippen LogP contribution in [0.4, 0.5) is 0 Å². The van der Waals surface area contributed by atoms with Crippen molar-refractivity contribution in [2.45, 2.75) is 52.6 Å². The number of amides is 1. The van der Waals surface area contributed by atoms with Gasteiger partial charge in [-0.15, -0.1) is 10.2 Å². The third-order valence-corrected chi connectivity index (χ3v) is 7.22. The summed E-state index contributed by atoms with van der Waals surface area (Å²) in [5, 5.41) is 31.2. The van der Waals surface area contributed by atoms with Crippen LogP contribution in [-0.2, 0) is 25.7 Å². The van der Waals surface area contributed by atoms with Gasteiger partial charge >= 0.3 is 5.97 Å². The topological polar surface area (TPSA) is 154 Å². The first-order chi connectivity index (χ1) is 19.8. The number of rotatable bonds is 17. The molecule has 12 nitrogen and oxygen atoms in total. The maximum absolute atomic E-state index is 13.4. The van der Waals surface area contributed by atoms with Crippen LogP contribution in [0.2, 0.25) is 0 Å². The number of carbonyl (C=O) groups is 2. The van der Waals surface area contributed by atoms with Gasteiger partial charge in [-0.1, -0.05) is 75.7 Å². The van der Waals surface area contributed by atoms with Crippen LogP contribution in [0.15, 0.2) is 48.5 Å². The quantitative estimate of drug-likeness (QED) is 0.117. The number of nitrogens with zero attached hydrogens (tertiary/aromatic N) is 5. The van der Waals surface area contributed by atoms with Crippen LogP contribution in [0.5, 0.6) is 0 Å². The average molecular weight is 587 g/mol. The number of hydrogen-bond acceptors (Lipinski definition) is 11. The Balaban J connectivity index is 1.72. The number of ether oxygens (including phenoxy) is 1. The number of nitrogens with one attached hydrogen (secondary N) is 1. The van der Waals surface area contributed by atoms with Gasteiger partial charge in [-0.25, -0.2) is 9.63 Å². The Kier molecular flexibility index (Phi) is 13.2. The molecule has 3 rings (SSSR count). The second-order valence-electron chi connectivity index (χ2n) is 9.66. The number of hydrogen-bond donors (Lipinski definition) is 3. The van der Waals surface area contributed by atoms with Crippen LogP contribution < -0.4 is 0 Å². The normalized spacial score (nSPS) is 12.1. The zero-order chi connectivity index (χ0) is 29.6. The van der Waals surface area contributed by atoms with Crippen LogP contribution in [0.25, 0.3) is 22.5 Å². The fourth-order valence-corrected chi connectivity index (χ4v) is 4.93. The van der Waals surface area contributed by atoms with E-state index in [1.54, 1.807) is 4.90 Å². The summed E-state index contributed by atoms with van der Waals surface area (Å²) in [5.41, 5.74) is 3.66. The molecule has 0 saturated heterocycles. The van der Waals surface area contributed by atoms with E-state index in [0.717, 1.165) is 35.1 Å². The lowest BCUT2D eigenvalue weighted by atomic mass is 9.97. The fraction of sp³-hybridized carbons (Fsp3) is 0.464. The Hall–Kier alpha value is -3.36. The van der Waals surface area contributed by atoms with Crippen molar-refractivity contribution in [3.05, 3.63) is 54.1 Å². The van der Waals surface area contributed by atoms with E-state index in [9.17, 15) is 9.59 Å². The molecule has 0 unspecified atom stereocenters. The molecule has 0 saturated carbocycles. The number of aromatic nitrogens is 4. The molecule has 41 heavy (non-hydrogen) atoms. The van der Waals surface area contributed by atoms with Crippen LogP contribution >= 0.6 is 11.8 Å². The first-order valence-corrected chi connectivity index (χ1v) is 14.7. The SMILES string of the molecule is CCCCC(=O)N(Cc1ccc(-c2ccccc2-c2nn[nH]n2)cc1)[C@H](C(=O)OCCSCCON(O)O)C(C)C. The number of aromatic amines is 1. The van der Waals surface area contributed by atoms with Crippen LogP contribution in [0.3, 0.4) is 0 Å². The second kappa shape index (κ2) is 16.8. The van der Waals surface area contributed by atoms with Crippen molar-refractivity contribution in [3.63, 3.8) is 0 Å². The van der Waals surface area contributed by atoms with Crippen LogP contribution in [-0.4, -0.2) is 84.0 Å². The number of H-pyrrole nitrogens is 1. The number of tetrazole rings is 1. The predicted molar refractivity (Wildman–Crippen MR) is 153 cm³/mol. The van der Waals surface area contributed by atoms with Gasteiger partial charge in [0.05, 0.1) is 12.0 Å². The molecule has 0 bridgehead atoms. The monoisotopic (exact) mass is 586 g/mol. The first-order valence-electron chi connectivity index (χ1n) is 13.6. The number of unbranched alkanes of at least 4 members (excludes halogenated alkanes) is 1. The molecule has 0 aliphatic rings. The van der Waals surface area contributed by atoms with Crippen LogP contribution in [0, 0.1) is 5.92 Å². The highest BCUT2D eigenvalue weighted by atomic mass is 32.2. The Labute approximate surface area is 243 Å². The van der Waals surface area contributed by atoms with E-state index in [-0.39, 0.29) is 37.0 Å². The molecule has 13 heteroatoms. The molecule has 0 fully saturated rings. The number of thioether (sulfide) groups is 1. The summed E-state index contributed by atoms with van der Waals surface area (Å²) in [5.74, 6) is 0.815. The predicted octanol–water partition coefficient (Wildman–Crippen LogP) is 4.37. The molecule has 1 heterocycles. The summed E-state index contributed by atoms with van der Waals surface area (Å²) in [7, 11) is 0. The molecule has 2 aromatic carbocycles. The smallest absolute Gasteiger partial charge is 0.329 e. The van der Waals surface area contributed by atoms with Gasteiger partial charge in [-0.05, 0) is 34.2 Å². The molecule has 3 N–H and O–H groups in total. The highest BCUT2D eigenvalue weighted by molar-refractivity contribution is 7.99. The largest absolute Gasteiger partial charge is 0.463 e. The average Bonchev–Trinajstić information content (AvgIpc) is 3.50. The third-order valence-electron chi connectivity index (χ3n) is 6.31. The highest BCUT2D eigenvalue weighted by Gasteiger charge is 2.33. The minimum absolute atomic E-state index is 0.0851. The van der Waals surface area contributed by atoms with Gasteiger partial charge in [0.15, 0.2) is 0 Å². The van der Waals surface area contributed by atoms with Gasteiger partial charge < -0.3 is 9.64 Å². The van der Waals surface area contributed by atoms with Crippen LogP contribution in [0.1, 0.15) is 45.6 Å². The van der Waals surface area contributed by atoms with Crippen molar-refractivity contribution < 1.29 is 29.6 Å². The van der Waals surface area contributed by atoms with Crippen molar-refractivity contribution in [3.8, 4) is 22.5 Å². The van der Waals surface area contributed by atoms with Crippen molar-refractivity contribution in [2.75, 3.05) is 24.7 Å². The number of esters is 1. The van der Waals surface area contributed by atoms with Crippen molar-refractivity contribution in [1.82, 2.24) is 30.9 Å². The minimum Gasteiger partial charge on any atom is -0.463 e. The fourth-order valence-electron chi connectivity index (χ4n) is 4.33. The summed E-state index contributed by atoms with van der Waals surface area (Å²) < 4.78 is 5.57. The molecule has 1 atom stereocenters. The molecule has 0 radical (unpaired) electrons. The van der Waals surface area contributed by atoms with E-state index in [2.05, 4.69) is 25.5 Å². The maximum atomic E-state index is 13.4. The number of benzene rings is 2. The Morgan fingerprint density at radius 1 is 1.02 bits per heavy atom. The lowest BCUT2D eigenvalue weighted by Crippen LogP contribution is -2.48. The van der Waals surface area contributed by atoms with Crippen molar-refractivity contribution >= 4 is 23.6 Å². The Bertz CT molecular complexity index is 1210. The minimum atomic E-state index is -0.733. The van der Waals surface area contributed by atoms with Gasteiger partial charge in [-0.2, -0.15) is 17.0 Å². The van der Waals surface area contributed by atoms with Crippen molar-refractivity contribution in [2.24, 2.45) is 5.92 Å². The third kappa shape index (κ3) is 9.90. The second-order valence-corrected chi connectivity index (χ2v) is 10.9. The van der Waals surface area contributed by atoms with Gasteiger partial charge in [-0.3, -0.25) is 15.2 Å². The molecule has 1 amide bonds. The summed E-state index contributed by atoms with van der Waals surface area (Å²) in [4.78, 5) is 32.7. The highest BCUT2D eigenvalue weighted by Crippen LogP contribution is 2.30. The van der Waals surface area contributed by atoms with E-state index < -0.39 is 12.0 Å². The molecule has 3 aromatic rings. The summed E-state index contributed by atoms with van der Waals surface area (Å²) in [6.45, 7) is 6.38. The lowest BCUT2D eigenvalue weighted by Gasteiger charge is -2.33. The standard InChI is InChI=1S/C28H38N6O6S/c1-4-5-10-25(35)33(26(20(2)3)28(36)39-15-17-41-18-16-40-34(37)38)19-21-11-13-22(14-12-21)23-8-6-7-9-24(23)27-29-31-32-30-27/h6-9,11-14,20,26,37-38H,4-5,10,15-19H2,1-3H3,(H,29,30,31,32)/t26-/m0/s1. The van der Waals surface area contributed by atoms with E-state index in [4.69, 9.17) is 15.2 Å². The summed E-state index contributed by atoms with van der Waals surface area (Å²) in [6.07, 6.45) is 1.96. The first kappa shape index (κ1) is 32.2. The molecule has 1 aromatic heterocycles. The molecule has 222 valence electrons. The zero-order valence-corrected chi connectivity index (χ0v) is 24.4. The van der Waals surface area contributed by atoms with E-state index in [0.29, 0.717) is 23.8 Å². The van der Waals surface area contributed by atoms with Gasteiger partial charge in [0.2, 0.25) is 11.7 Å². The molecular weight excluding hydrogens is 548 g/mol. The van der Waals surface area contributed by atoms with E-state index in [1.807, 2.05) is 69.3 Å². The van der Waals surface area contributed by atoms with Gasteiger partial charge in [0.1, 0.15) is 12.6 Å². The Morgan fingerprint density at radius 3 is 2.37 bits per heavy atom. The Morgan fingerprint density at radius 2 is 1.73 bits per heavy atom. The van der Waals surface area contributed by atoms with Gasteiger partial charge in [0.25, 0.3) is 0 Å². The maximum Gasteiger partial charge on any atom is 0.329 e. The summed E-state index contributed by atoms with van der Waals surface area (Å²) >= 11 is 1.44. The van der Waals surface area contributed by atoms with Crippen molar-refractivity contribution in [1.29, 1.82) is 0 Å². The zero-order valence-electron chi connectivity index (χ0n) is 23.6. The molecule has 0 aliphatic carbocycles.